The van der Waals surface area contributed by atoms with E-state index in [1.165, 1.54) is 5.56 Å². The molecular weight excluding hydrogens is 262 g/mol. The highest BCUT2D eigenvalue weighted by Crippen LogP contribution is 2.28. The van der Waals surface area contributed by atoms with E-state index in [4.69, 9.17) is 4.74 Å². The molecule has 0 amide bonds. The van der Waals surface area contributed by atoms with E-state index >= 15 is 0 Å². The monoisotopic (exact) mass is 285 g/mol. The molecule has 0 saturated heterocycles. The van der Waals surface area contributed by atoms with Crippen molar-refractivity contribution in [2.75, 3.05) is 20.7 Å². The van der Waals surface area contributed by atoms with Gasteiger partial charge >= 0.3 is 0 Å². The third kappa shape index (κ3) is 4.06. The minimum Gasteiger partial charge on any atom is -0.494 e. The first-order chi connectivity index (χ1) is 10.1. The lowest BCUT2D eigenvalue weighted by Crippen LogP contribution is -2.11. The quantitative estimate of drug-likeness (QED) is 0.884. The minimum atomic E-state index is 0.0372. The van der Waals surface area contributed by atoms with Gasteiger partial charge in [0.15, 0.2) is 0 Å². The first kappa shape index (κ1) is 15.5. The van der Waals surface area contributed by atoms with Crippen LogP contribution in [-0.2, 0) is 13.2 Å². The summed E-state index contributed by atoms with van der Waals surface area (Å²) in [7, 11) is 4.08. The number of aliphatic hydroxyl groups excluding tert-OH is 1. The van der Waals surface area contributed by atoms with Gasteiger partial charge in [0.05, 0.1) is 13.2 Å². The Bertz CT molecular complexity index is 594. The van der Waals surface area contributed by atoms with Crippen LogP contribution >= 0.6 is 0 Å². The smallest absolute Gasteiger partial charge is 0.119 e. The predicted octanol–water partition coefficient (Wildman–Crippen LogP) is 3.31. The van der Waals surface area contributed by atoms with Crippen LogP contribution in [0.25, 0.3) is 11.1 Å². The molecule has 0 unspecified atom stereocenters. The molecule has 0 aliphatic heterocycles. The van der Waals surface area contributed by atoms with Crippen molar-refractivity contribution in [3.05, 3.63) is 53.6 Å². The molecule has 21 heavy (non-hydrogen) atoms. The summed E-state index contributed by atoms with van der Waals surface area (Å²) in [6, 6.07) is 14.3. The summed E-state index contributed by atoms with van der Waals surface area (Å²) in [6.45, 7) is 3.53. The molecule has 3 heteroatoms. The maximum Gasteiger partial charge on any atom is 0.119 e. The molecule has 2 aromatic carbocycles. The zero-order chi connectivity index (χ0) is 15.2. The van der Waals surface area contributed by atoms with Gasteiger partial charge in [-0.15, -0.1) is 0 Å². The second-order valence-electron chi connectivity index (χ2n) is 5.35. The highest BCUT2D eigenvalue weighted by Gasteiger charge is 2.07. The van der Waals surface area contributed by atoms with Crippen LogP contribution in [0.5, 0.6) is 5.75 Å². The molecular formula is C18H23NO2. The summed E-state index contributed by atoms with van der Waals surface area (Å²) >= 11 is 0. The van der Waals surface area contributed by atoms with E-state index in [1.54, 1.807) is 0 Å². The zero-order valence-corrected chi connectivity index (χ0v) is 13.0. The lowest BCUT2D eigenvalue weighted by Gasteiger charge is -2.14. The van der Waals surface area contributed by atoms with Crippen LogP contribution < -0.4 is 4.74 Å². The van der Waals surface area contributed by atoms with Gasteiger partial charge in [-0.25, -0.2) is 0 Å². The summed E-state index contributed by atoms with van der Waals surface area (Å²) in [5.74, 6) is 0.858. The molecule has 112 valence electrons. The lowest BCUT2D eigenvalue weighted by atomic mass is 9.97. The van der Waals surface area contributed by atoms with Gasteiger partial charge in [-0.2, -0.15) is 0 Å². The number of aliphatic hydroxyl groups is 1. The molecule has 0 aromatic heterocycles. The highest BCUT2D eigenvalue weighted by atomic mass is 16.5. The topological polar surface area (TPSA) is 32.7 Å². The average molecular weight is 285 g/mol. The summed E-state index contributed by atoms with van der Waals surface area (Å²) in [5, 5.41) is 9.67. The van der Waals surface area contributed by atoms with Gasteiger partial charge in [0.1, 0.15) is 5.75 Å². The van der Waals surface area contributed by atoms with E-state index < -0.39 is 0 Å². The Morgan fingerprint density at radius 3 is 2.57 bits per heavy atom. The summed E-state index contributed by atoms with van der Waals surface area (Å²) in [4.78, 5) is 2.12. The van der Waals surface area contributed by atoms with Gasteiger partial charge in [-0.3, -0.25) is 0 Å². The molecule has 0 radical (unpaired) electrons. The Kier molecular flexibility index (Phi) is 5.37. The standard InChI is InChI=1S/C18H23NO2/c1-4-21-17-7-5-6-15(11-17)18-9-8-14(12-19(2)3)10-16(18)13-20/h5-11,20H,4,12-13H2,1-3H3. The molecule has 0 atom stereocenters. The van der Waals surface area contributed by atoms with Crippen molar-refractivity contribution in [3.63, 3.8) is 0 Å². The second kappa shape index (κ2) is 7.25. The molecule has 3 nitrogen and oxygen atoms in total. The minimum absolute atomic E-state index is 0.0372. The Morgan fingerprint density at radius 2 is 1.90 bits per heavy atom. The van der Waals surface area contributed by atoms with E-state index in [0.717, 1.165) is 29.0 Å². The van der Waals surface area contributed by atoms with E-state index in [0.29, 0.717) is 6.61 Å². The van der Waals surface area contributed by atoms with E-state index in [9.17, 15) is 5.11 Å². The fourth-order valence-electron chi connectivity index (χ4n) is 2.44. The number of hydrogen-bond acceptors (Lipinski definition) is 3. The van der Waals surface area contributed by atoms with Crippen LogP contribution in [0.1, 0.15) is 18.1 Å². The van der Waals surface area contributed by atoms with Crippen molar-refractivity contribution in [2.24, 2.45) is 0 Å². The second-order valence-corrected chi connectivity index (χ2v) is 5.35. The van der Waals surface area contributed by atoms with Crippen molar-refractivity contribution in [1.82, 2.24) is 4.90 Å². The molecule has 0 saturated carbocycles. The third-order valence-electron chi connectivity index (χ3n) is 3.29. The van der Waals surface area contributed by atoms with Gasteiger partial charge in [-0.1, -0.05) is 30.3 Å². The lowest BCUT2D eigenvalue weighted by molar-refractivity contribution is 0.282. The molecule has 0 bridgehead atoms. The van der Waals surface area contributed by atoms with Crippen LogP contribution in [0.2, 0.25) is 0 Å². The Hall–Kier alpha value is -1.84. The van der Waals surface area contributed by atoms with Crippen LogP contribution in [0.15, 0.2) is 42.5 Å². The largest absolute Gasteiger partial charge is 0.494 e. The van der Waals surface area contributed by atoms with Gasteiger partial charge in [-0.05, 0) is 55.4 Å². The summed E-state index contributed by atoms with van der Waals surface area (Å²) < 4.78 is 5.55. The Balaban J connectivity index is 2.36. The number of hydrogen-bond donors (Lipinski definition) is 1. The van der Waals surface area contributed by atoms with Gasteiger partial charge in [0.2, 0.25) is 0 Å². The van der Waals surface area contributed by atoms with E-state index in [-0.39, 0.29) is 6.61 Å². The number of benzene rings is 2. The van der Waals surface area contributed by atoms with E-state index in [2.05, 4.69) is 23.1 Å². The maximum absolute atomic E-state index is 9.67. The van der Waals surface area contributed by atoms with Crippen molar-refractivity contribution >= 4 is 0 Å². The van der Waals surface area contributed by atoms with Crippen molar-refractivity contribution in [3.8, 4) is 16.9 Å². The summed E-state index contributed by atoms with van der Waals surface area (Å²) in [6.07, 6.45) is 0. The van der Waals surface area contributed by atoms with Crippen LogP contribution in [-0.4, -0.2) is 30.7 Å². The molecule has 0 aliphatic rings. The van der Waals surface area contributed by atoms with Gasteiger partial charge in [0, 0.05) is 6.54 Å². The molecule has 0 heterocycles. The number of rotatable bonds is 6. The highest BCUT2D eigenvalue weighted by molar-refractivity contribution is 5.69. The van der Waals surface area contributed by atoms with Crippen molar-refractivity contribution in [2.45, 2.75) is 20.1 Å². The van der Waals surface area contributed by atoms with Crippen LogP contribution in [0.3, 0.4) is 0 Å². The summed E-state index contributed by atoms with van der Waals surface area (Å²) in [5.41, 5.74) is 4.28. The molecule has 2 aromatic rings. The Labute approximate surface area is 126 Å². The molecule has 0 fully saturated rings. The SMILES string of the molecule is CCOc1cccc(-c2ccc(CN(C)C)cc2CO)c1. The first-order valence-corrected chi connectivity index (χ1v) is 7.24. The molecule has 2 rings (SSSR count). The third-order valence-corrected chi connectivity index (χ3v) is 3.29. The van der Waals surface area contributed by atoms with E-state index in [1.807, 2.05) is 45.3 Å². The van der Waals surface area contributed by atoms with Gasteiger partial charge in [0.25, 0.3) is 0 Å². The van der Waals surface area contributed by atoms with Crippen molar-refractivity contribution in [1.29, 1.82) is 0 Å². The first-order valence-electron chi connectivity index (χ1n) is 7.24. The average Bonchev–Trinajstić information content (AvgIpc) is 2.47. The van der Waals surface area contributed by atoms with Crippen LogP contribution in [0, 0.1) is 0 Å². The maximum atomic E-state index is 9.67. The molecule has 0 spiro atoms. The molecule has 0 aliphatic carbocycles. The predicted molar refractivity (Wildman–Crippen MR) is 86.4 cm³/mol. The molecule has 1 N–H and O–H groups in total. The van der Waals surface area contributed by atoms with Crippen molar-refractivity contribution < 1.29 is 9.84 Å². The fourth-order valence-corrected chi connectivity index (χ4v) is 2.44. The fraction of sp³-hybridized carbons (Fsp3) is 0.333. The van der Waals surface area contributed by atoms with Gasteiger partial charge < -0.3 is 14.7 Å². The number of nitrogens with zero attached hydrogens (tertiary/aromatic N) is 1. The Morgan fingerprint density at radius 1 is 1.10 bits per heavy atom. The number of ether oxygens (including phenoxy) is 1. The normalized spacial score (nSPS) is 10.9. The van der Waals surface area contributed by atoms with Crippen LogP contribution in [0.4, 0.5) is 0 Å². The zero-order valence-electron chi connectivity index (χ0n) is 13.0.